The fourth-order valence-electron chi connectivity index (χ4n) is 4.85. The molecule has 2 aromatic carbocycles. The Morgan fingerprint density at radius 2 is 1.73 bits per heavy atom. The Labute approximate surface area is 193 Å². The molecule has 1 saturated heterocycles. The van der Waals surface area contributed by atoms with Crippen molar-refractivity contribution in [2.24, 2.45) is 0 Å². The van der Waals surface area contributed by atoms with Crippen LogP contribution in [0.4, 0.5) is 0 Å². The number of rotatable bonds is 7. The Hall–Kier alpha value is -3.51. The van der Waals surface area contributed by atoms with E-state index in [9.17, 15) is 4.79 Å². The Bertz CT molecular complexity index is 1120. The van der Waals surface area contributed by atoms with E-state index in [1.807, 2.05) is 60.7 Å². The van der Waals surface area contributed by atoms with Crippen LogP contribution in [0, 0.1) is 0 Å². The minimum atomic E-state index is -0.873. The molecular formula is C27H27NO5. The van der Waals surface area contributed by atoms with E-state index in [2.05, 4.69) is 6.58 Å². The molecule has 2 bridgehead atoms. The normalized spacial score (nSPS) is 25.5. The summed E-state index contributed by atoms with van der Waals surface area (Å²) in [4.78, 5) is 15.8. The predicted molar refractivity (Wildman–Crippen MR) is 125 cm³/mol. The Morgan fingerprint density at radius 3 is 2.27 bits per heavy atom. The molecule has 6 heteroatoms. The second kappa shape index (κ2) is 8.45. The van der Waals surface area contributed by atoms with Gasteiger partial charge in [0.15, 0.2) is 0 Å². The lowest BCUT2D eigenvalue weighted by molar-refractivity contribution is -0.173. The maximum absolute atomic E-state index is 14.0. The Morgan fingerprint density at radius 1 is 1.06 bits per heavy atom. The molecule has 33 heavy (non-hydrogen) atoms. The first-order valence-electron chi connectivity index (χ1n) is 11.0. The highest BCUT2D eigenvalue weighted by Gasteiger charge is 2.59. The third kappa shape index (κ3) is 3.60. The van der Waals surface area contributed by atoms with Gasteiger partial charge in [0.25, 0.3) is 5.91 Å². The first kappa shape index (κ1) is 21.3. The first-order chi connectivity index (χ1) is 16.1. The molecule has 2 aromatic rings. The lowest BCUT2D eigenvalue weighted by Gasteiger charge is -2.47. The second-order valence-corrected chi connectivity index (χ2v) is 8.39. The summed E-state index contributed by atoms with van der Waals surface area (Å²) < 4.78 is 23.5. The number of hydrogen-bond acceptors (Lipinski definition) is 5. The van der Waals surface area contributed by atoms with Crippen LogP contribution < -0.4 is 9.47 Å². The van der Waals surface area contributed by atoms with Crippen molar-refractivity contribution in [1.82, 2.24) is 4.90 Å². The molecule has 1 fully saturated rings. The quantitative estimate of drug-likeness (QED) is 0.600. The number of hydrogen-bond donors (Lipinski definition) is 0. The highest BCUT2D eigenvalue weighted by Crippen LogP contribution is 2.48. The van der Waals surface area contributed by atoms with Gasteiger partial charge in [-0.15, -0.1) is 6.58 Å². The molecular weight excluding hydrogens is 418 g/mol. The molecule has 6 nitrogen and oxygen atoms in total. The van der Waals surface area contributed by atoms with Crippen molar-refractivity contribution in [2.75, 3.05) is 20.8 Å². The van der Waals surface area contributed by atoms with Gasteiger partial charge < -0.3 is 18.9 Å². The highest BCUT2D eigenvalue weighted by atomic mass is 16.6. The lowest BCUT2D eigenvalue weighted by Crippen LogP contribution is -2.61. The van der Waals surface area contributed by atoms with Gasteiger partial charge in [-0.1, -0.05) is 42.5 Å². The molecule has 0 aromatic heterocycles. The van der Waals surface area contributed by atoms with Gasteiger partial charge in [0.2, 0.25) is 5.72 Å². The molecule has 0 unspecified atom stereocenters. The van der Waals surface area contributed by atoms with E-state index < -0.39 is 5.72 Å². The van der Waals surface area contributed by atoms with Crippen molar-refractivity contribution in [2.45, 2.75) is 30.8 Å². The molecule has 5 rings (SSSR count). The van der Waals surface area contributed by atoms with Crippen LogP contribution in [0.5, 0.6) is 11.5 Å². The Balaban J connectivity index is 1.62. The number of carbonyl (C=O) groups is 1. The summed E-state index contributed by atoms with van der Waals surface area (Å²) in [6.45, 7) is 4.25. The number of methoxy groups -OCH3 is 2. The number of allylic oxidation sites excluding steroid dienone is 1. The summed E-state index contributed by atoms with van der Waals surface area (Å²) in [5.41, 5.74) is 1.49. The van der Waals surface area contributed by atoms with Crippen LogP contribution in [0.25, 0.3) is 5.57 Å². The van der Waals surface area contributed by atoms with Gasteiger partial charge in [-0.2, -0.15) is 0 Å². The van der Waals surface area contributed by atoms with E-state index in [-0.39, 0.29) is 18.1 Å². The van der Waals surface area contributed by atoms with Crippen molar-refractivity contribution in [1.29, 1.82) is 0 Å². The van der Waals surface area contributed by atoms with Crippen molar-refractivity contribution in [3.8, 4) is 11.5 Å². The maximum Gasteiger partial charge on any atom is 0.261 e. The number of carbonyl (C=O) groups excluding carboxylic acids is 1. The van der Waals surface area contributed by atoms with Crippen LogP contribution in [0.15, 0.2) is 79.1 Å². The van der Waals surface area contributed by atoms with Crippen LogP contribution in [-0.4, -0.2) is 49.5 Å². The van der Waals surface area contributed by atoms with Crippen LogP contribution in [0.1, 0.15) is 17.5 Å². The van der Waals surface area contributed by atoms with Crippen molar-refractivity contribution >= 4 is 11.5 Å². The molecule has 0 N–H and O–H groups in total. The van der Waals surface area contributed by atoms with Crippen molar-refractivity contribution in [3.05, 3.63) is 90.2 Å². The topological polar surface area (TPSA) is 57.2 Å². The van der Waals surface area contributed by atoms with Crippen LogP contribution in [0.2, 0.25) is 0 Å². The van der Waals surface area contributed by atoms with E-state index in [4.69, 9.17) is 18.9 Å². The second-order valence-electron chi connectivity index (χ2n) is 8.39. The summed E-state index contributed by atoms with van der Waals surface area (Å²) in [6.07, 6.45) is 6.48. The lowest BCUT2D eigenvalue weighted by atomic mass is 9.89. The number of amides is 1. The minimum Gasteiger partial charge on any atom is -0.497 e. The molecule has 1 amide bonds. The van der Waals surface area contributed by atoms with E-state index >= 15 is 0 Å². The van der Waals surface area contributed by atoms with Gasteiger partial charge in [-0.3, -0.25) is 9.69 Å². The number of fused-ring (bicyclic) bond motifs is 3. The molecule has 0 radical (unpaired) electrons. The first-order valence-corrected chi connectivity index (χ1v) is 11.0. The number of nitrogens with zero attached hydrogens (tertiary/aromatic N) is 1. The summed E-state index contributed by atoms with van der Waals surface area (Å²) in [5, 5.41) is 0. The third-order valence-electron chi connectivity index (χ3n) is 6.47. The van der Waals surface area contributed by atoms with Gasteiger partial charge in [-0.05, 0) is 35.4 Å². The maximum atomic E-state index is 14.0. The van der Waals surface area contributed by atoms with E-state index in [1.54, 1.807) is 25.2 Å². The number of ether oxygens (including phenoxy) is 4. The largest absolute Gasteiger partial charge is 0.497 e. The average molecular weight is 446 g/mol. The van der Waals surface area contributed by atoms with Gasteiger partial charge in [0.05, 0.1) is 25.9 Å². The molecule has 3 aliphatic heterocycles. The zero-order chi connectivity index (χ0) is 23.0. The molecule has 0 aliphatic carbocycles. The van der Waals surface area contributed by atoms with Gasteiger partial charge in [-0.25, -0.2) is 0 Å². The minimum absolute atomic E-state index is 0.0557. The molecule has 170 valence electrons. The Kier molecular flexibility index (Phi) is 5.46. The zero-order valence-corrected chi connectivity index (χ0v) is 18.8. The molecule has 1 spiro atoms. The molecule has 0 saturated carbocycles. The standard InChI is InChI=1S/C27H27NO5/c1-4-15-28-26(29)25(19-7-11-21(31-3)12-8-19)23(16-18-5-9-20(30-2)10-6-18)33-27(28)17-22-13-14-24(27)32-22/h4-14,22,24H,1,15-17H2,2-3H3/t22-,24+,27+/m1/s1. The molecule has 3 heterocycles. The van der Waals surface area contributed by atoms with Crippen LogP contribution in [-0.2, 0) is 20.7 Å². The van der Waals surface area contributed by atoms with Crippen LogP contribution in [0.3, 0.4) is 0 Å². The SMILES string of the molecule is C=CCN1C(=O)C(c2ccc(OC)cc2)=C(Cc2ccc(OC)cc2)O[C@]12C[C@H]1C=C[C@@H]2O1. The summed E-state index contributed by atoms with van der Waals surface area (Å²) in [6, 6.07) is 15.3. The monoisotopic (exact) mass is 445 g/mol. The fraction of sp³-hybridized carbons (Fsp3) is 0.296. The van der Waals surface area contributed by atoms with E-state index in [0.717, 1.165) is 22.6 Å². The smallest absolute Gasteiger partial charge is 0.261 e. The summed E-state index contributed by atoms with van der Waals surface area (Å²) in [5.74, 6) is 2.06. The van der Waals surface area contributed by atoms with Gasteiger partial charge in [0.1, 0.15) is 23.4 Å². The predicted octanol–water partition coefficient (Wildman–Crippen LogP) is 4.13. The van der Waals surface area contributed by atoms with Crippen LogP contribution >= 0.6 is 0 Å². The van der Waals surface area contributed by atoms with E-state index in [0.29, 0.717) is 30.7 Å². The summed E-state index contributed by atoms with van der Waals surface area (Å²) >= 11 is 0. The van der Waals surface area contributed by atoms with E-state index in [1.165, 1.54) is 0 Å². The van der Waals surface area contributed by atoms with Gasteiger partial charge >= 0.3 is 0 Å². The zero-order valence-electron chi connectivity index (χ0n) is 18.8. The fourth-order valence-corrected chi connectivity index (χ4v) is 4.85. The number of benzene rings is 2. The van der Waals surface area contributed by atoms with Crippen molar-refractivity contribution in [3.63, 3.8) is 0 Å². The van der Waals surface area contributed by atoms with Crippen molar-refractivity contribution < 1.29 is 23.7 Å². The highest BCUT2D eigenvalue weighted by molar-refractivity contribution is 6.21. The third-order valence-corrected chi connectivity index (χ3v) is 6.47. The summed E-state index contributed by atoms with van der Waals surface area (Å²) in [7, 11) is 3.26. The van der Waals surface area contributed by atoms with Gasteiger partial charge in [0, 0.05) is 19.4 Å². The molecule has 3 aliphatic rings. The molecule has 3 atom stereocenters. The average Bonchev–Trinajstić information content (AvgIpc) is 3.44.